The molecular weight excluding hydrogens is 284 g/mol. The summed E-state index contributed by atoms with van der Waals surface area (Å²) in [6.07, 6.45) is 5.81. The fourth-order valence-electron chi connectivity index (χ4n) is 3.16. The van der Waals surface area contributed by atoms with Crippen LogP contribution in [0.2, 0.25) is 0 Å². The summed E-state index contributed by atoms with van der Waals surface area (Å²) < 4.78 is 9.77. The van der Waals surface area contributed by atoms with Crippen molar-refractivity contribution in [3.05, 3.63) is 0 Å². The molecule has 1 rings (SSSR count). The second-order valence-corrected chi connectivity index (χ2v) is 5.85. The van der Waals surface area contributed by atoms with Gasteiger partial charge in [0.15, 0.2) is 5.78 Å². The molecule has 0 aromatic heterocycles. The van der Waals surface area contributed by atoms with Gasteiger partial charge in [-0.25, -0.2) is 0 Å². The number of ether oxygens (including phenoxy) is 2. The van der Waals surface area contributed by atoms with Crippen molar-refractivity contribution in [1.82, 2.24) is 0 Å². The van der Waals surface area contributed by atoms with Crippen molar-refractivity contribution in [3.8, 4) is 0 Å². The summed E-state index contributed by atoms with van der Waals surface area (Å²) in [5.41, 5.74) is 0. The van der Waals surface area contributed by atoms with Crippen molar-refractivity contribution < 1.29 is 23.9 Å². The van der Waals surface area contributed by atoms with Gasteiger partial charge in [0.2, 0.25) is 5.92 Å². The van der Waals surface area contributed by atoms with Gasteiger partial charge in [-0.1, -0.05) is 19.8 Å². The first kappa shape index (κ1) is 18.7. The minimum atomic E-state index is -1.41. The molecule has 0 N–H and O–H groups in total. The lowest BCUT2D eigenvalue weighted by Gasteiger charge is -2.28. The molecule has 0 radical (unpaired) electrons. The van der Waals surface area contributed by atoms with Crippen LogP contribution in [-0.2, 0) is 23.9 Å². The van der Waals surface area contributed by atoms with E-state index in [1.807, 2.05) is 0 Å². The van der Waals surface area contributed by atoms with Crippen molar-refractivity contribution in [2.75, 3.05) is 13.2 Å². The molecule has 5 heteroatoms. The number of rotatable bonds is 8. The highest BCUT2D eigenvalue weighted by atomic mass is 16.6. The average Bonchev–Trinajstić information content (AvgIpc) is 2.49. The van der Waals surface area contributed by atoms with Gasteiger partial charge in [-0.3, -0.25) is 14.4 Å². The first-order valence-electron chi connectivity index (χ1n) is 8.42. The Balaban J connectivity index is 2.71. The number of carbonyl (C=O) groups excluding carboxylic acids is 3. The standard InChI is InChI=1S/C17H28O5/c1-4-7-12-8-10-13(11-9-12)15(18)14(16(19)21-5-2)17(20)22-6-3/h12-14H,4-11H2,1-3H3. The normalized spacial score (nSPS) is 21.5. The fourth-order valence-corrected chi connectivity index (χ4v) is 3.16. The number of carbonyl (C=O) groups is 3. The van der Waals surface area contributed by atoms with E-state index < -0.39 is 17.9 Å². The Morgan fingerprint density at radius 2 is 1.41 bits per heavy atom. The Bertz CT molecular complexity index is 365. The average molecular weight is 312 g/mol. The van der Waals surface area contributed by atoms with Gasteiger partial charge in [-0.05, 0) is 45.4 Å². The summed E-state index contributed by atoms with van der Waals surface area (Å²) in [5, 5.41) is 0. The molecule has 0 spiro atoms. The van der Waals surface area contributed by atoms with Crippen LogP contribution in [0.1, 0.15) is 59.3 Å². The van der Waals surface area contributed by atoms with E-state index >= 15 is 0 Å². The monoisotopic (exact) mass is 312 g/mol. The third-order valence-electron chi connectivity index (χ3n) is 4.28. The van der Waals surface area contributed by atoms with Gasteiger partial charge >= 0.3 is 11.9 Å². The van der Waals surface area contributed by atoms with E-state index in [9.17, 15) is 14.4 Å². The van der Waals surface area contributed by atoms with E-state index in [1.165, 1.54) is 6.42 Å². The molecule has 0 aromatic carbocycles. The Morgan fingerprint density at radius 1 is 0.909 bits per heavy atom. The largest absolute Gasteiger partial charge is 0.465 e. The molecule has 5 nitrogen and oxygen atoms in total. The Hall–Kier alpha value is -1.39. The highest BCUT2D eigenvalue weighted by Crippen LogP contribution is 2.33. The smallest absolute Gasteiger partial charge is 0.328 e. The molecule has 0 aliphatic heterocycles. The van der Waals surface area contributed by atoms with Crippen molar-refractivity contribution in [1.29, 1.82) is 0 Å². The van der Waals surface area contributed by atoms with Crippen LogP contribution in [0.25, 0.3) is 0 Å². The van der Waals surface area contributed by atoms with Crippen LogP contribution < -0.4 is 0 Å². The molecular formula is C17H28O5. The van der Waals surface area contributed by atoms with Gasteiger partial charge in [0.05, 0.1) is 13.2 Å². The molecule has 0 bridgehead atoms. The van der Waals surface area contributed by atoms with Gasteiger partial charge in [-0.15, -0.1) is 0 Å². The fraction of sp³-hybridized carbons (Fsp3) is 0.824. The van der Waals surface area contributed by atoms with Gasteiger partial charge < -0.3 is 9.47 Å². The van der Waals surface area contributed by atoms with E-state index in [-0.39, 0.29) is 24.9 Å². The molecule has 126 valence electrons. The highest BCUT2D eigenvalue weighted by molar-refractivity contribution is 6.15. The van der Waals surface area contributed by atoms with Crippen molar-refractivity contribution >= 4 is 17.7 Å². The molecule has 0 amide bonds. The predicted molar refractivity (Wildman–Crippen MR) is 82.1 cm³/mol. The third-order valence-corrected chi connectivity index (χ3v) is 4.28. The Labute approximate surface area is 132 Å². The summed E-state index contributed by atoms with van der Waals surface area (Å²) in [6.45, 7) is 5.76. The number of Topliss-reactive ketones (excluding diaryl/α,β-unsaturated/α-hetero) is 1. The minimum absolute atomic E-state index is 0.144. The zero-order valence-electron chi connectivity index (χ0n) is 13.9. The van der Waals surface area contributed by atoms with Crippen LogP contribution in [-0.4, -0.2) is 30.9 Å². The maximum Gasteiger partial charge on any atom is 0.328 e. The molecule has 0 aromatic rings. The third kappa shape index (κ3) is 5.11. The Morgan fingerprint density at radius 3 is 1.82 bits per heavy atom. The van der Waals surface area contributed by atoms with Crippen molar-refractivity contribution in [2.45, 2.75) is 59.3 Å². The number of ketones is 1. The van der Waals surface area contributed by atoms with Crippen molar-refractivity contribution in [3.63, 3.8) is 0 Å². The van der Waals surface area contributed by atoms with Crippen LogP contribution in [0.5, 0.6) is 0 Å². The van der Waals surface area contributed by atoms with Gasteiger partial charge in [-0.2, -0.15) is 0 Å². The van der Waals surface area contributed by atoms with Crippen LogP contribution in [0, 0.1) is 17.8 Å². The molecule has 1 aliphatic carbocycles. The van der Waals surface area contributed by atoms with E-state index in [1.54, 1.807) is 13.8 Å². The molecule has 0 unspecified atom stereocenters. The number of hydrogen-bond donors (Lipinski definition) is 0. The lowest BCUT2D eigenvalue weighted by molar-refractivity contribution is -0.165. The summed E-state index contributed by atoms with van der Waals surface area (Å²) in [6, 6.07) is 0. The first-order valence-corrected chi connectivity index (χ1v) is 8.42. The summed E-state index contributed by atoms with van der Waals surface area (Å²) in [4.78, 5) is 36.5. The molecule has 22 heavy (non-hydrogen) atoms. The quantitative estimate of drug-likeness (QED) is 0.509. The van der Waals surface area contributed by atoms with Crippen LogP contribution in [0.4, 0.5) is 0 Å². The lowest BCUT2D eigenvalue weighted by atomic mass is 9.76. The predicted octanol–water partition coefficient (Wildman–Crippen LogP) is 2.90. The van der Waals surface area contributed by atoms with Crippen LogP contribution in [0.15, 0.2) is 0 Å². The zero-order chi connectivity index (χ0) is 16.5. The lowest BCUT2D eigenvalue weighted by Crippen LogP contribution is -2.39. The van der Waals surface area contributed by atoms with Gasteiger partial charge in [0.25, 0.3) is 0 Å². The second-order valence-electron chi connectivity index (χ2n) is 5.85. The zero-order valence-corrected chi connectivity index (χ0v) is 13.9. The second kappa shape index (κ2) is 9.59. The molecule has 0 heterocycles. The van der Waals surface area contributed by atoms with Gasteiger partial charge in [0.1, 0.15) is 0 Å². The maximum atomic E-state index is 12.6. The first-order chi connectivity index (χ1) is 10.5. The highest BCUT2D eigenvalue weighted by Gasteiger charge is 2.41. The van der Waals surface area contributed by atoms with Crippen LogP contribution in [0.3, 0.4) is 0 Å². The minimum Gasteiger partial charge on any atom is -0.465 e. The molecule has 0 atom stereocenters. The molecule has 1 fully saturated rings. The Kier molecular flexibility index (Phi) is 8.13. The number of esters is 2. The van der Waals surface area contributed by atoms with Crippen molar-refractivity contribution in [2.24, 2.45) is 17.8 Å². The van der Waals surface area contributed by atoms with E-state index in [2.05, 4.69) is 6.92 Å². The van der Waals surface area contributed by atoms with Gasteiger partial charge in [0, 0.05) is 5.92 Å². The molecule has 1 saturated carbocycles. The summed E-state index contributed by atoms with van der Waals surface area (Å²) in [5.74, 6) is -2.85. The SMILES string of the molecule is CCCC1CCC(C(=O)C(C(=O)OCC)C(=O)OCC)CC1. The topological polar surface area (TPSA) is 69.7 Å². The molecule has 0 saturated heterocycles. The maximum absolute atomic E-state index is 12.6. The molecule has 1 aliphatic rings. The van der Waals surface area contributed by atoms with Crippen LogP contribution >= 0.6 is 0 Å². The number of hydrogen-bond acceptors (Lipinski definition) is 5. The summed E-state index contributed by atoms with van der Waals surface area (Å²) in [7, 11) is 0. The van der Waals surface area contributed by atoms with E-state index in [0.29, 0.717) is 5.92 Å². The van der Waals surface area contributed by atoms with E-state index in [0.717, 1.165) is 32.1 Å². The summed E-state index contributed by atoms with van der Waals surface area (Å²) >= 11 is 0. The van der Waals surface area contributed by atoms with E-state index in [4.69, 9.17) is 9.47 Å².